The largest absolute Gasteiger partial charge is 0.350 e. The van der Waals surface area contributed by atoms with E-state index in [0.717, 1.165) is 44.3 Å². The van der Waals surface area contributed by atoms with Crippen molar-refractivity contribution in [2.24, 2.45) is 5.92 Å². The summed E-state index contributed by atoms with van der Waals surface area (Å²) in [5.74, 6) is 0.552. The van der Waals surface area contributed by atoms with Crippen molar-refractivity contribution in [1.82, 2.24) is 4.90 Å². The van der Waals surface area contributed by atoms with Gasteiger partial charge in [-0.2, -0.15) is 0 Å². The first kappa shape index (κ1) is 17.7. The molecule has 1 aromatic rings. The molecule has 0 unspecified atom stereocenters. The van der Waals surface area contributed by atoms with Crippen molar-refractivity contribution in [3.63, 3.8) is 0 Å². The Morgan fingerprint density at radius 1 is 1.00 bits per heavy atom. The fraction of sp³-hybridized carbons (Fsp3) is 0.619. The quantitative estimate of drug-likeness (QED) is 0.761. The van der Waals surface area contributed by atoms with E-state index in [-0.39, 0.29) is 18.0 Å². The number of hydrogen-bond acceptors (Lipinski definition) is 4. The van der Waals surface area contributed by atoms with Gasteiger partial charge in [-0.1, -0.05) is 12.1 Å². The summed E-state index contributed by atoms with van der Waals surface area (Å²) in [5, 5.41) is 0. The van der Waals surface area contributed by atoms with Crippen LogP contribution in [0.25, 0.3) is 0 Å². The van der Waals surface area contributed by atoms with E-state index in [2.05, 4.69) is 6.07 Å². The molecule has 1 aliphatic carbocycles. The summed E-state index contributed by atoms with van der Waals surface area (Å²) in [7, 11) is 0. The summed E-state index contributed by atoms with van der Waals surface area (Å²) in [6.45, 7) is 2.82. The Bertz CT molecular complexity index is 673. The predicted molar refractivity (Wildman–Crippen MR) is 97.0 cm³/mol. The Kier molecular flexibility index (Phi) is 5.36. The first-order valence-corrected chi connectivity index (χ1v) is 9.87. The number of ether oxygens (including phenoxy) is 2. The maximum absolute atomic E-state index is 12.5. The second-order valence-corrected chi connectivity index (χ2v) is 7.59. The van der Waals surface area contributed by atoms with Crippen LogP contribution in [0.5, 0.6) is 0 Å². The highest BCUT2D eigenvalue weighted by molar-refractivity contribution is 5.98. The Morgan fingerprint density at radius 3 is 2.50 bits per heavy atom. The molecule has 0 aromatic heterocycles. The lowest BCUT2D eigenvalue weighted by Gasteiger charge is -2.33. The van der Waals surface area contributed by atoms with Crippen molar-refractivity contribution < 1.29 is 19.1 Å². The van der Waals surface area contributed by atoms with Gasteiger partial charge in [-0.15, -0.1) is 0 Å². The number of fused-ring (bicyclic) bond motifs is 1. The lowest BCUT2D eigenvalue weighted by Crippen LogP contribution is -2.41. The number of ketones is 1. The number of amides is 1. The normalized spacial score (nSPS) is 21.2. The van der Waals surface area contributed by atoms with Crippen molar-refractivity contribution in [1.29, 1.82) is 0 Å². The van der Waals surface area contributed by atoms with Crippen LogP contribution in [-0.4, -0.2) is 49.2 Å². The molecule has 26 heavy (non-hydrogen) atoms. The molecule has 2 aliphatic heterocycles. The van der Waals surface area contributed by atoms with Gasteiger partial charge in [0.15, 0.2) is 12.1 Å². The molecule has 1 aromatic carbocycles. The number of nitrogens with zero attached hydrogens (tertiary/aromatic N) is 1. The third-order valence-corrected chi connectivity index (χ3v) is 5.91. The first-order chi connectivity index (χ1) is 12.7. The third kappa shape index (κ3) is 3.84. The van der Waals surface area contributed by atoms with Crippen molar-refractivity contribution >= 4 is 11.7 Å². The van der Waals surface area contributed by atoms with Crippen molar-refractivity contribution in [2.75, 3.05) is 26.3 Å². The number of likely N-dealkylation sites (tertiary alicyclic amines) is 1. The minimum atomic E-state index is -0.0892. The maximum Gasteiger partial charge on any atom is 0.223 e. The van der Waals surface area contributed by atoms with Crippen LogP contribution in [0.1, 0.15) is 53.6 Å². The molecular weight excluding hydrogens is 330 g/mol. The van der Waals surface area contributed by atoms with Gasteiger partial charge in [0.25, 0.3) is 0 Å². The van der Waals surface area contributed by atoms with E-state index in [1.165, 1.54) is 17.5 Å². The van der Waals surface area contributed by atoms with E-state index < -0.39 is 0 Å². The van der Waals surface area contributed by atoms with Crippen LogP contribution in [0.4, 0.5) is 0 Å². The molecule has 0 radical (unpaired) electrons. The molecule has 5 nitrogen and oxygen atoms in total. The molecule has 0 saturated carbocycles. The van der Waals surface area contributed by atoms with Gasteiger partial charge >= 0.3 is 0 Å². The average Bonchev–Trinajstić information content (AvgIpc) is 3.37. The first-order valence-electron chi connectivity index (χ1n) is 9.87. The zero-order valence-corrected chi connectivity index (χ0v) is 15.2. The van der Waals surface area contributed by atoms with Crippen LogP contribution >= 0.6 is 0 Å². The molecule has 2 saturated heterocycles. The number of carbonyl (C=O) groups is 2. The fourth-order valence-electron chi connectivity index (χ4n) is 4.34. The zero-order valence-electron chi connectivity index (χ0n) is 15.2. The lowest BCUT2D eigenvalue weighted by molar-refractivity contribution is -0.136. The molecule has 5 heteroatoms. The SMILES string of the molecule is O=C(CCC(=O)N1CCC(C2OCCO2)CC1)c1ccc2c(c1)CCC2. The van der Waals surface area contributed by atoms with Crippen molar-refractivity contribution in [3.8, 4) is 0 Å². The van der Waals surface area contributed by atoms with E-state index in [9.17, 15) is 9.59 Å². The topological polar surface area (TPSA) is 55.8 Å². The van der Waals surface area contributed by atoms with Crippen LogP contribution in [0.15, 0.2) is 18.2 Å². The summed E-state index contributed by atoms with van der Waals surface area (Å²) in [5.41, 5.74) is 3.43. The molecule has 1 amide bonds. The summed E-state index contributed by atoms with van der Waals surface area (Å²) >= 11 is 0. The van der Waals surface area contributed by atoms with E-state index in [1.54, 1.807) is 0 Å². The highest BCUT2D eigenvalue weighted by Crippen LogP contribution is 2.27. The number of carbonyl (C=O) groups excluding carboxylic acids is 2. The smallest absolute Gasteiger partial charge is 0.223 e. The minimum absolute atomic E-state index is 0.0793. The van der Waals surface area contributed by atoms with Crippen LogP contribution in [0.3, 0.4) is 0 Å². The number of rotatable bonds is 5. The molecule has 0 atom stereocenters. The van der Waals surface area contributed by atoms with Crippen LogP contribution in [0.2, 0.25) is 0 Å². The molecule has 0 bridgehead atoms. The maximum atomic E-state index is 12.5. The fourth-order valence-corrected chi connectivity index (χ4v) is 4.34. The third-order valence-electron chi connectivity index (χ3n) is 5.91. The van der Waals surface area contributed by atoms with E-state index >= 15 is 0 Å². The summed E-state index contributed by atoms with van der Waals surface area (Å²) in [6, 6.07) is 6.03. The molecule has 3 aliphatic rings. The van der Waals surface area contributed by atoms with Gasteiger partial charge in [-0.25, -0.2) is 0 Å². The standard InChI is InChI=1S/C21H27NO4/c23-19(18-5-4-15-2-1-3-17(15)14-18)6-7-20(24)22-10-8-16(9-11-22)21-25-12-13-26-21/h4-5,14,16,21H,1-3,6-13H2. The Hall–Kier alpha value is -1.72. The van der Waals surface area contributed by atoms with E-state index in [0.29, 0.717) is 32.0 Å². The molecule has 2 heterocycles. The summed E-state index contributed by atoms with van der Waals surface area (Å²) in [4.78, 5) is 26.8. The van der Waals surface area contributed by atoms with Gasteiger partial charge < -0.3 is 14.4 Å². The van der Waals surface area contributed by atoms with Gasteiger partial charge in [-0.05, 0) is 49.3 Å². The highest BCUT2D eigenvalue weighted by Gasteiger charge is 2.31. The predicted octanol–water partition coefficient (Wildman–Crippen LogP) is 2.75. The van der Waals surface area contributed by atoms with Crippen LogP contribution < -0.4 is 0 Å². The van der Waals surface area contributed by atoms with Crippen LogP contribution in [-0.2, 0) is 27.1 Å². The molecule has 0 N–H and O–H groups in total. The van der Waals surface area contributed by atoms with Gasteiger partial charge in [0, 0.05) is 37.4 Å². The Balaban J connectivity index is 1.24. The minimum Gasteiger partial charge on any atom is -0.350 e. The summed E-state index contributed by atoms with van der Waals surface area (Å²) in [6.07, 6.45) is 5.70. The van der Waals surface area contributed by atoms with Crippen LogP contribution in [0, 0.1) is 5.92 Å². The van der Waals surface area contributed by atoms with Crippen molar-refractivity contribution in [2.45, 2.75) is 51.2 Å². The number of benzene rings is 1. The van der Waals surface area contributed by atoms with E-state index in [4.69, 9.17) is 9.47 Å². The molecule has 2 fully saturated rings. The van der Waals surface area contributed by atoms with E-state index in [1.807, 2.05) is 17.0 Å². The number of Topliss-reactive ketones (excluding diaryl/α,β-unsaturated/α-hetero) is 1. The second-order valence-electron chi connectivity index (χ2n) is 7.59. The number of aryl methyl sites for hydroxylation is 2. The van der Waals surface area contributed by atoms with Gasteiger partial charge in [0.1, 0.15) is 0 Å². The summed E-state index contributed by atoms with van der Waals surface area (Å²) < 4.78 is 11.2. The Labute approximate surface area is 154 Å². The molecular formula is C21H27NO4. The molecule has 4 rings (SSSR count). The van der Waals surface area contributed by atoms with Gasteiger partial charge in [0.2, 0.25) is 5.91 Å². The lowest BCUT2D eigenvalue weighted by atomic mass is 9.95. The Morgan fingerprint density at radius 2 is 1.73 bits per heavy atom. The molecule has 0 spiro atoms. The van der Waals surface area contributed by atoms with Gasteiger partial charge in [0.05, 0.1) is 13.2 Å². The number of hydrogen-bond donors (Lipinski definition) is 0. The van der Waals surface area contributed by atoms with Crippen molar-refractivity contribution in [3.05, 3.63) is 34.9 Å². The second kappa shape index (κ2) is 7.89. The monoisotopic (exact) mass is 357 g/mol. The number of piperidine rings is 1. The molecule has 140 valence electrons. The van der Waals surface area contributed by atoms with Gasteiger partial charge in [-0.3, -0.25) is 9.59 Å². The average molecular weight is 357 g/mol. The highest BCUT2D eigenvalue weighted by atomic mass is 16.7. The zero-order chi connectivity index (χ0) is 17.9.